The van der Waals surface area contributed by atoms with Crippen molar-refractivity contribution >= 4 is 29.2 Å². The molecular weight excluding hydrogens is 340 g/mol. The van der Waals surface area contributed by atoms with Crippen LogP contribution in [-0.4, -0.2) is 20.1 Å². The van der Waals surface area contributed by atoms with Gasteiger partial charge in [-0.25, -0.2) is 0 Å². The first-order valence-electron chi connectivity index (χ1n) is 10.1. The highest BCUT2D eigenvalue weighted by molar-refractivity contribution is 5.72. The lowest BCUT2D eigenvalue weighted by Crippen LogP contribution is -2.17. The number of benzene rings is 3. The normalized spacial score (nSPS) is 14.0. The molecule has 0 atom stereocenters. The Bertz CT molecular complexity index is 916. The summed E-state index contributed by atoms with van der Waals surface area (Å²) in [7, 11) is 2.11. The minimum absolute atomic E-state index is 1.19. The number of rotatable bonds is 5. The summed E-state index contributed by atoms with van der Waals surface area (Å²) in [5, 5.41) is 0. The van der Waals surface area contributed by atoms with E-state index in [1.807, 2.05) is 0 Å². The summed E-state index contributed by atoms with van der Waals surface area (Å²) in [5.41, 5.74) is 7.47. The van der Waals surface area contributed by atoms with E-state index in [0.717, 1.165) is 0 Å². The maximum atomic E-state index is 2.47. The lowest BCUT2D eigenvalue weighted by atomic mass is 10.1. The fraction of sp³-hybridized carbons (Fsp3) is 0.231. The summed E-state index contributed by atoms with van der Waals surface area (Å²) in [6, 6.07) is 26.2. The molecule has 0 aliphatic carbocycles. The van der Waals surface area contributed by atoms with E-state index in [1.54, 1.807) is 0 Å². The molecular formula is C26H28N2. The van der Waals surface area contributed by atoms with E-state index in [0.29, 0.717) is 0 Å². The standard InChI is InChI=1S/C26H28N2/c1-21-5-13-24(14-6-21)27(2)25-15-9-22(10-16-25)7-8-23-11-17-26(18-12-23)28-19-3-4-20-28/h5-18H,3-4,19-20H2,1-2H3. The van der Waals surface area contributed by atoms with Gasteiger partial charge in [-0.05, 0) is 67.3 Å². The molecule has 2 nitrogen and oxygen atoms in total. The van der Waals surface area contributed by atoms with Crippen LogP contribution in [0.4, 0.5) is 17.1 Å². The minimum atomic E-state index is 1.19. The van der Waals surface area contributed by atoms with Crippen molar-refractivity contribution in [2.24, 2.45) is 0 Å². The summed E-state index contributed by atoms with van der Waals surface area (Å²) in [5.74, 6) is 0. The highest BCUT2D eigenvalue weighted by atomic mass is 15.1. The van der Waals surface area contributed by atoms with Crippen molar-refractivity contribution in [3.63, 3.8) is 0 Å². The molecule has 0 spiro atoms. The van der Waals surface area contributed by atoms with Crippen LogP contribution in [0.15, 0.2) is 72.8 Å². The van der Waals surface area contributed by atoms with Gasteiger partial charge in [0.05, 0.1) is 0 Å². The van der Waals surface area contributed by atoms with Gasteiger partial charge in [-0.1, -0.05) is 54.1 Å². The summed E-state index contributed by atoms with van der Waals surface area (Å²) >= 11 is 0. The molecule has 3 aromatic rings. The molecule has 3 aromatic carbocycles. The molecule has 2 heteroatoms. The molecule has 0 unspecified atom stereocenters. The summed E-state index contributed by atoms with van der Waals surface area (Å²) < 4.78 is 0. The molecule has 142 valence electrons. The Kier molecular flexibility index (Phi) is 5.48. The van der Waals surface area contributed by atoms with Crippen LogP contribution in [0.1, 0.15) is 29.5 Å². The number of nitrogens with zero attached hydrogens (tertiary/aromatic N) is 2. The molecule has 28 heavy (non-hydrogen) atoms. The largest absolute Gasteiger partial charge is 0.372 e. The van der Waals surface area contributed by atoms with Crippen molar-refractivity contribution in [2.75, 3.05) is 29.9 Å². The Morgan fingerprint density at radius 2 is 1.14 bits per heavy atom. The Labute approximate surface area is 168 Å². The van der Waals surface area contributed by atoms with Gasteiger partial charge >= 0.3 is 0 Å². The van der Waals surface area contributed by atoms with Crippen molar-refractivity contribution in [1.29, 1.82) is 0 Å². The van der Waals surface area contributed by atoms with Crippen molar-refractivity contribution in [1.82, 2.24) is 0 Å². The van der Waals surface area contributed by atoms with E-state index in [1.165, 1.54) is 59.7 Å². The van der Waals surface area contributed by atoms with Gasteiger partial charge < -0.3 is 9.80 Å². The molecule has 1 fully saturated rings. The van der Waals surface area contributed by atoms with Gasteiger partial charge in [0.15, 0.2) is 0 Å². The number of anilines is 3. The third-order valence-corrected chi connectivity index (χ3v) is 5.53. The van der Waals surface area contributed by atoms with Gasteiger partial charge in [-0.2, -0.15) is 0 Å². The Morgan fingerprint density at radius 1 is 0.679 bits per heavy atom. The molecule has 0 bridgehead atoms. The van der Waals surface area contributed by atoms with Crippen LogP contribution in [-0.2, 0) is 0 Å². The second-order valence-electron chi connectivity index (χ2n) is 7.61. The predicted molar refractivity (Wildman–Crippen MR) is 123 cm³/mol. The Balaban J connectivity index is 1.41. The zero-order valence-corrected chi connectivity index (χ0v) is 16.8. The zero-order chi connectivity index (χ0) is 19.3. The molecule has 1 heterocycles. The van der Waals surface area contributed by atoms with E-state index in [9.17, 15) is 0 Å². The molecule has 0 aromatic heterocycles. The molecule has 4 rings (SSSR count). The van der Waals surface area contributed by atoms with Gasteiger partial charge in [-0.3, -0.25) is 0 Å². The van der Waals surface area contributed by atoms with Gasteiger partial charge in [-0.15, -0.1) is 0 Å². The van der Waals surface area contributed by atoms with E-state index in [2.05, 4.69) is 109 Å². The smallest absolute Gasteiger partial charge is 0.0408 e. The average Bonchev–Trinajstić information content (AvgIpc) is 3.28. The maximum Gasteiger partial charge on any atom is 0.0408 e. The van der Waals surface area contributed by atoms with Crippen LogP contribution < -0.4 is 9.80 Å². The lowest BCUT2D eigenvalue weighted by molar-refractivity contribution is 0.949. The van der Waals surface area contributed by atoms with Gasteiger partial charge in [0.25, 0.3) is 0 Å². The monoisotopic (exact) mass is 368 g/mol. The first kappa shape index (κ1) is 18.4. The maximum absolute atomic E-state index is 2.47. The highest BCUT2D eigenvalue weighted by Gasteiger charge is 2.11. The summed E-state index contributed by atoms with van der Waals surface area (Å²) in [6.45, 7) is 4.50. The number of aryl methyl sites for hydroxylation is 1. The van der Waals surface area contributed by atoms with Crippen LogP contribution in [0.25, 0.3) is 12.2 Å². The van der Waals surface area contributed by atoms with E-state index in [-0.39, 0.29) is 0 Å². The van der Waals surface area contributed by atoms with Crippen LogP contribution in [0.5, 0.6) is 0 Å². The Hall–Kier alpha value is -3.00. The van der Waals surface area contributed by atoms with Crippen molar-refractivity contribution in [3.8, 4) is 0 Å². The summed E-state index contributed by atoms with van der Waals surface area (Å²) in [6.07, 6.45) is 7.00. The number of hydrogen-bond donors (Lipinski definition) is 0. The van der Waals surface area contributed by atoms with E-state index >= 15 is 0 Å². The fourth-order valence-electron chi connectivity index (χ4n) is 3.69. The van der Waals surface area contributed by atoms with Crippen molar-refractivity contribution in [2.45, 2.75) is 19.8 Å². The summed E-state index contributed by atoms with van der Waals surface area (Å²) in [4.78, 5) is 4.68. The van der Waals surface area contributed by atoms with Gasteiger partial charge in [0.2, 0.25) is 0 Å². The quantitative estimate of drug-likeness (QED) is 0.472. The SMILES string of the molecule is Cc1ccc(N(C)c2ccc(C=Cc3ccc(N4CCCC4)cc3)cc2)cc1. The second kappa shape index (κ2) is 8.35. The van der Waals surface area contributed by atoms with Crippen LogP contribution in [0.3, 0.4) is 0 Å². The average molecular weight is 369 g/mol. The lowest BCUT2D eigenvalue weighted by Gasteiger charge is -2.19. The first-order valence-corrected chi connectivity index (χ1v) is 10.1. The first-order chi connectivity index (χ1) is 13.7. The third kappa shape index (κ3) is 4.28. The van der Waals surface area contributed by atoms with Gasteiger partial charge in [0.1, 0.15) is 0 Å². The van der Waals surface area contributed by atoms with Crippen LogP contribution >= 0.6 is 0 Å². The molecule has 0 amide bonds. The molecule has 1 aliphatic heterocycles. The van der Waals surface area contributed by atoms with E-state index in [4.69, 9.17) is 0 Å². The molecule has 1 aliphatic rings. The molecule has 0 radical (unpaired) electrons. The Morgan fingerprint density at radius 3 is 1.68 bits per heavy atom. The molecule has 0 saturated carbocycles. The number of hydrogen-bond acceptors (Lipinski definition) is 2. The zero-order valence-electron chi connectivity index (χ0n) is 16.8. The fourth-order valence-corrected chi connectivity index (χ4v) is 3.69. The topological polar surface area (TPSA) is 6.48 Å². The highest BCUT2D eigenvalue weighted by Crippen LogP contribution is 2.25. The predicted octanol–water partition coefficient (Wildman–Crippen LogP) is 6.53. The third-order valence-electron chi connectivity index (χ3n) is 5.53. The minimum Gasteiger partial charge on any atom is -0.372 e. The molecule has 0 N–H and O–H groups in total. The van der Waals surface area contributed by atoms with Crippen molar-refractivity contribution < 1.29 is 0 Å². The van der Waals surface area contributed by atoms with E-state index < -0.39 is 0 Å². The van der Waals surface area contributed by atoms with Crippen LogP contribution in [0, 0.1) is 6.92 Å². The van der Waals surface area contributed by atoms with Crippen molar-refractivity contribution in [3.05, 3.63) is 89.5 Å². The van der Waals surface area contributed by atoms with Gasteiger partial charge in [0, 0.05) is 37.2 Å². The van der Waals surface area contributed by atoms with Crippen LogP contribution in [0.2, 0.25) is 0 Å². The second-order valence-corrected chi connectivity index (χ2v) is 7.61. The molecule has 1 saturated heterocycles.